The minimum atomic E-state index is -3.53. The number of carbonyl (C=O) groups excluding carboxylic acids is 1. The van der Waals surface area contributed by atoms with E-state index in [0.29, 0.717) is 37.4 Å². The maximum absolute atomic E-state index is 13.0. The Balaban J connectivity index is 1.35. The van der Waals surface area contributed by atoms with Gasteiger partial charge in [0.05, 0.1) is 4.90 Å². The zero-order valence-electron chi connectivity index (χ0n) is 19.2. The third kappa shape index (κ3) is 4.32. The van der Waals surface area contributed by atoms with E-state index in [1.54, 1.807) is 12.1 Å². The number of aromatic amines is 1. The normalized spacial score (nSPS) is 15.9. The van der Waals surface area contributed by atoms with Crippen molar-refractivity contribution in [1.29, 1.82) is 0 Å². The number of sulfonamides is 1. The summed E-state index contributed by atoms with van der Waals surface area (Å²) in [6, 6.07) is 11.4. The molecule has 4 rings (SSSR count). The molecule has 1 amide bonds. The zero-order valence-corrected chi connectivity index (χ0v) is 20.0. The first-order valence-corrected chi connectivity index (χ1v) is 12.5. The molecular weight excluding hydrogens is 422 g/mol. The Bertz CT molecular complexity index is 1270. The summed E-state index contributed by atoms with van der Waals surface area (Å²) in [5.41, 5.74) is 6.58. The van der Waals surface area contributed by atoms with Gasteiger partial charge in [-0.2, -0.15) is 4.31 Å². The number of benzene rings is 2. The van der Waals surface area contributed by atoms with Gasteiger partial charge in [-0.05, 0) is 87.1 Å². The summed E-state index contributed by atoms with van der Waals surface area (Å²) in [6.07, 6.45) is 1.07. The number of nitrogens with zero attached hydrogens (tertiary/aromatic N) is 1. The van der Waals surface area contributed by atoms with E-state index in [1.165, 1.54) is 15.3 Å². The van der Waals surface area contributed by atoms with Gasteiger partial charge in [-0.15, -0.1) is 0 Å². The van der Waals surface area contributed by atoms with Crippen LogP contribution in [0.3, 0.4) is 0 Å². The van der Waals surface area contributed by atoms with E-state index < -0.39 is 10.0 Å². The summed E-state index contributed by atoms with van der Waals surface area (Å²) >= 11 is 0. The molecule has 1 fully saturated rings. The Hall–Kier alpha value is -2.64. The molecule has 7 heteroatoms. The van der Waals surface area contributed by atoms with Crippen LogP contribution in [0.4, 0.5) is 0 Å². The Labute approximate surface area is 190 Å². The van der Waals surface area contributed by atoms with E-state index in [2.05, 4.69) is 30.2 Å². The number of hydrogen-bond donors (Lipinski definition) is 2. The lowest BCUT2D eigenvalue weighted by Crippen LogP contribution is -2.42. The van der Waals surface area contributed by atoms with E-state index in [-0.39, 0.29) is 11.8 Å². The molecule has 2 N–H and O–H groups in total. The lowest BCUT2D eigenvalue weighted by atomic mass is 9.97. The number of fused-ring (bicyclic) bond motifs is 1. The Morgan fingerprint density at radius 1 is 1.03 bits per heavy atom. The van der Waals surface area contributed by atoms with Crippen LogP contribution in [-0.2, 0) is 21.4 Å². The molecule has 1 aliphatic heterocycles. The Kier molecular flexibility index (Phi) is 6.14. The first-order chi connectivity index (χ1) is 15.2. The van der Waals surface area contributed by atoms with E-state index in [0.717, 1.165) is 27.9 Å². The molecule has 0 saturated carbocycles. The van der Waals surface area contributed by atoms with Gasteiger partial charge in [-0.3, -0.25) is 4.79 Å². The van der Waals surface area contributed by atoms with Crippen LogP contribution in [-0.4, -0.2) is 36.7 Å². The van der Waals surface area contributed by atoms with Gasteiger partial charge in [-0.25, -0.2) is 8.42 Å². The number of hydrogen-bond acceptors (Lipinski definition) is 3. The van der Waals surface area contributed by atoms with Crippen molar-refractivity contribution in [3.8, 4) is 0 Å². The van der Waals surface area contributed by atoms with Gasteiger partial charge in [0.1, 0.15) is 0 Å². The van der Waals surface area contributed by atoms with Crippen molar-refractivity contribution in [2.75, 3.05) is 13.1 Å². The molecule has 1 aromatic heterocycles. The number of carbonyl (C=O) groups is 1. The van der Waals surface area contributed by atoms with Crippen LogP contribution in [0.1, 0.15) is 40.8 Å². The molecular formula is C25H31N3O3S. The third-order valence-corrected chi connectivity index (χ3v) is 8.67. The van der Waals surface area contributed by atoms with Crippen molar-refractivity contribution in [1.82, 2.24) is 14.6 Å². The molecule has 32 heavy (non-hydrogen) atoms. The van der Waals surface area contributed by atoms with Crippen molar-refractivity contribution in [2.45, 2.75) is 52.0 Å². The van der Waals surface area contributed by atoms with Gasteiger partial charge < -0.3 is 10.3 Å². The molecule has 0 aliphatic carbocycles. The predicted molar refractivity (Wildman–Crippen MR) is 127 cm³/mol. The fraction of sp³-hybridized carbons (Fsp3) is 0.400. The minimum Gasteiger partial charge on any atom is -0.358 e. The van der Waals surface area contributed by atoms with Crippen LogP contribution < -0.4 is 5.32 Å². The molecule has 1 aliphatic rings. The molecule has 2 heterocycles. The molecule has 2 aromatic carbocycles. The lowest BCUT2D eigenvalue weighted by Gasteiger charge is -2.30. The molecule has 1 saturated heterocycles. The van der Waals surface area contributed by atoms with Gasteiger partial charge in [-0.1, -0.05) is 12.1 Å². The molecule has 0 bridgehead atoms. The monoisotopic (exact) mass is 453 g/mol. The Morgan fingerprint density at radius 2 is 1.75 bits per heavy atom. The third-order valence-electron chi connectivity index (χ3n) is 6.78. The second-order valence-electron chi connectivity index (χ2n) is 8.90. The molecule has 6 nitrogen and oxygen atoms in total. The molecule has 0 spiro atoms. The van der Waals surface area contributed by atoms with Crippen LogP contribution >= 0.6 is 0 Å². The first kappa shape index (κ1) is 22.6. The highest BCUT2D eigenvalue weighted by atomic mass is 32.2. The molecule has 3 aromatic rings. The summed E-state index contributed by atoms with van der Waals surface area (Å²) in [6.45, 7) is 9.23. The summed E-state index contributed by atoms with van der Waals surface area (Å²) in [7, 11) is -3.53. The largest absolute Gasteiger partial charge is 0.358 e. The summed E-state index contributed by atoms with van der Waals surface area (Å²) in [5, 5.41) is 4.22. The van der Waals surface area contributed by atoms with Crippen LogP contribution in [0.5, 0.6) is 0 Å². The van der Waals surface area contributed by atoms with E-state index >= 15 is 0 Å². The molecule has 170 valence electrons. The average molecular weight is 454 g/mol. The van der Waals surface area contributed by atoms with E-state index in [1.807, 2.05) is 32.0 Å². The Morgan fingerprint density at radius 3 is 2.44 bits per heavy atom. The topological polar surface area (TPSA) is 82.3 Å². The van der Waals surface area contributed by atoms with Gasteiger partial charge in [0.2, 0.25) is 15.9 Å². The second kappa shape index (κ2) is 8.71. The lowest BCUT2D eigenvalue weighted by molar-refractivity contribution is -0.126. The maximum atomic E-state index is 13.0. The molecule has 0 unspecified atom stereocenters. The quantitative estimate of drug-likeness (QED) is 0.610. The highest BCUT2D eigenvalue weighted by Gasteiger charge is 2.32. The fourth-order valence-corrected chi connectivity index (χ4v) is 5.89. The van der Waals surface area contributed by atoms with Gasteiger partial charge >= 0.3 is 0 Å². The zero-order chi connectivity index (χ0) is 23.0. The molecule has 0 radical (unpaired) electrons. The summed E-state index contributed by atoms with van der Waals surface area (Å²) in [5.74, 6) is -0.170. The van der Waals surface area contributed by atoms with E-state index in [9.17, 15) is 13.2 Å². The smallest absolute Gasteiger partial charge is 0.243 e. The molecule has 0 atom stereocenters. The number of aromatic nitrogens is 1. The van der Waals surface area contributed by atoms with Crippen LogP contribution in [0.2, 0.25) is 0 Å². The summed E-state index contributed by atoms with van der Waals surface area (Å²) < 4.78 is 27.5. The van der Waals surface area contributed by atoms with Crippen molar-refractivity contribution in [3.05, 3.63) is 64.3 Å². The van der Waals surface area contributed by atoms with Crippen molar-refractivity contribution < 1.29 is 13.2 Å². The standard InChI is InChI=1S/C25H31N3O3S/c1-16-5-7-22(13-17(16)2)32(30,31)28-11-9-21(10-12-28)25(29)26-15-20-6-8-24-23(14-20)18(3)19(4)27-24/h5-8,13-14,21,27H,9-12,15H2,1-4H3,(H,26,29). The number of amides is 1. The highest BCUT2D eigenvalue weighted by molar-refractivity contribution is 7.89. The summed E-state index contributed by atoms with van der Waals surface area (Å²) in [4.78, 5) is 16.4. The SMILES string of the molecule is Cc1ccc(S(=O)(=O)N2CCC(C(=O)NCc3ccc4[nH]c(C)c(C)c4c3)CC2)cc1C. The van der Waals surface area contributed by atoms with Gasteiger partial charge in [0.25, 0.3) is 0 Å². The van der Waals surface area contributed by atoms with Crippen molar-refractivity contribution in [3.63, 3.8) is 0 Å². The van der Waals surface area contributed by atoms with Gasteiger partial charge in [0.15, 0.2) is 0 Å². The van der Waals surface area contributed by atoms with Crippen LogP contribution in [0.25, 0.3) is 10.9 Å². The van der Waals surface area contributed by atoms with Gasteiger partial charge in [0, 0.05) is 42.1 Å². The minimum absolute atomic E-state index is 0.00436. The number of aryl methyl sites for hydroxylation is 4. The van der Waals surface area contributed by atoms with Crippen molar-refractivity contribution in [2.24, 2.45) is 5.92 Å². The second-order valence-corrected chi connectivity index (χ2v) is 10.8. The number of rotatable bonds is 5. The average Bonchev–Trinajstić information content (AvgIpc) is 3.07. The predicted octanol–water partition coefficient (Wildman–Crippen LogP) is 4.12. The van der Waals surface area contributed by atoms with Crippen LogP contribution in [0.15, 0.2) is 41.3 Å². The van der Waals surface area contributed by atoms with E-state index in [4.69, 9.17) is 0 Å². The number of H-pyrrole nitrogens is 1. The number of piperidine rings is 1. The van der Waals surface area contributed by atoms with Crippen molar-refractivity contribution >= 4 is 26.8 Å². The first-order valence-electron chi connectivity index (χ1n) is 11.1. The number of nitrogens with one attached hydrogen (secondary N) is 2. The fourth-order valence-electron chi connectivity index (χ4n) is 4.33. The van der Waals surface area contributed by atoms with Crippen LogP contribution in [0, 0.1) is 33.6 Å². The highest BCUT2D eigenvalue weighted by Crippen LogP contribution is 2.26. The maximum Gasteiger partial charge on any atom is 0.243 e.